The van der Waals surface area contributed by atoms with Crippen LogP contribution in [0.4, 0.5) is 11.4 Å². The summed E-state index contributed by atoms with van der Waals surface area (Å²) < 4.78 is 1.57. The van der Waals surface area contributed by atoms with Gasteiger partial charge in [-0.3, -0.25) is 14.6 Å². The molecule has 0 atom stereocenters. The molecule has 3 N–H and O–H groups in total. The van der Waals surface area contributed by atoms with Gasteiger partial charge in [-0.1, -0.05) is 12.1 Å². The van der Waals surface area contributed by atoms with Crippen LogP contribution in [0.3, 0.4) is 0 Å². The molecule has 0 fully saturated rings. The second-order valence-electron chi connectivity index (χ2n) is 6.90. The van der Waals surface area contributed by atoms with Crippen molar-refractivity contribution in [1.29, 1.82) is 0 Å². The number of hydrazine groups is 1. The highest BCUT2D eigenvalue weighted by molar-refractivity contribution is 6.13. The zero-order valence-electron chi connectivity index (χ0n) is 15.6. The summed E-state index contributed by atoms with van der Waals surface area (Å²) in [4.78, 5) is 26.6. The molecule has 0 bridgehead atoms. The van der Waals surface area contributed by atoms with Crippen LogP contribution in [-0.4, -0.2) is 41.5 Å². The summed E-state index contributed by atoms with van der Waals surface area (Å²) in [7, 11) is 1.87. The predicted molar refractivity (Wildman–Crippen MR) is 109 cm³/mol. The Morgan fingerprint density at radius 3 is 2.61 bits per heavy atom. The maximum absolute atomic E-state index is 13.4. The molecule has 7 nitrogen and oxygen atoms in total. The first-order valence-electron chi connectivity index (χ1n) is 8.84. The Balaban J connectivity index is 1.76. The van der Waals surface area contributed by atoms with Gasteiger partial charge in [0.15, 0.2) is 0 Å². The first-order valence-corrected chi connectivity index (χ1v) is 9.18. The van der Waals surface area contributed by atoms with E-state index in [1.807, 2.05) is 36.3 Å². The van der Waals surface area contributed by atoms with Crippen molar-refractivity contribution >= 4 is 35.0 Å². The average molecular weight is 398 g/mol. The molecular weight excluding hydrogens is 378 g/mol. The van der Waals surface area contributed by atoms with Gasteiger partial charge in [0.05, 0.1) is 24.5 Å². The van der Waals surface area contributed by atoms with E-state index in [9.17, 15) is 9.59 Å². The standard InChI is InChI=1S/C20H20ClN5O2/c1-12-9-13(7-8-15(12)18(22)27)20(28)25-10-14-11-26(21)24(2)19(14)23-16-5-3-4-6-17(16)25/h3-9,23H,10-11H2,1-2H3,(H2,22,27). The second kappa shape index (κ2) is 6.85. The number of benzene rings is 2. The van der Waals surface area contributed by atoms with Crippen molar-refractivity contribution in [1.82, 2.24) is 9.54 Å². The minimum absolute atomic E-state index is 0.155. The van der Waals surface area contributed by atoms with Crippen LogP contribution in [0.2, 0.25) is 0 Å². The lowest BCUT2D eigenvalue weighted by Crippen LogP contribution is -2.34. The number of carbonyl (C=O) groups excluding carboxylic acids is 2. The zero-order valence-corrected chi connectivity index (χ0v) is 16.3. The molecule has 2 aromatic carbocycles. The second-order valence-corrected chi connectivity index (χ2v) is 7.29. The molecule has 4 rings (SSSR count). The highest BCUT2D eigenvalue weighted by Crippen LogP contribution is 2.36. The minimum Gasteiger partial charge on any atom is -0.366 e. The van der Waals surface area contributed by atoms with E-state index in [0.717, 1.165) is 22.8 Å². The summed E-state index contributed by atoms with van der Waals surface area (Å²) in [5.41, 5.74) is 9.58. The van der Waals surface area contributed by atoms with Gasteiger partial charge < -0.3 is 16.0 Å². The molecule has 2 aliphatic rings. The minimum atomic E-state index is -0.508. The monoisotopic (exact) mass is 397 g/mol. The Hall–Kier alpha value is -3.03. The van der Waals surface area contributed by atoms with Crippen LogP contribution in [0, 0.1) is 6.92 Å². The summed E-state index contributed by atoms with van der Waals surface area (Å²) >= 11 is 6.26. The fourth-order valence-electron chi connectivity index (χ4n) is 3.60. The number of nitrogens with zero attached hydrogens (tertiary/aromatic N) is 3. The maximum Gasteiger partial charge on any atom is 0.258 e. The molecule has 8 heteroatoms. The molecule has 0 saturated heterocycles. The van der Waals surface area contributed by atoms with Gasteiger partial charge in [-0.05, 0) is 42.8 Å². The number of anilines is 2. The summed E-state index contributed by atoms with van der Waals surface area (Å²) in [6.45, 7) is 2.69. The van der Waals surface area contributed by atoms with Crippen molar-refractivity contribution in [2.24, 2.45) is 5.73 Å². The number of primary amides is 1. The Bertz CT molecular complexity index is 1020. The van der Waals surface area contributed by atoms with Crippen LogP contribution in [0.5, 0.6) is 0 Å². The van der Waals surface area contributed by atoms with E-state index in [1.165, 1.54) is 0 Å². The lowest BCUT2D eigenvalue weighted by Gasteiger charge is -2.26. The summed E-state index contributed by atoms with van der Waals surface area (Å²) in [5.74, 6) is 0.211. The highest BCUT2D eigenvalue weighted by atomic mass is 35.5. The number of para-hydroxylation sites is 2. The highest BCUT2D eigenvalue weighted by Gasteiger charge is 2.33. The van der Waals surface area contributed by atoms with Crippen molar-refractivity contribution in [2.75, 3.05) is 30.4 Å². The Kier molecular flexibility index (Phi) is 4.49. The molecule has 0 spiro atoms. The number of carbonyl (C=O) groups is 2. The number of halogens is 1. The third kappa shape index (κ3) is 2.98. The molecule has 2 aromatic rings. The average Bonchev–Trinajstić information content (AvgIpc) is 2.84. The molecule has 0 aromatic heterocycles. The van der Waals surface area contributed by atoms with Crippen molar-refractivity contribution in [2.45, 2.75) is 6.92 Å². The van der Waals surface area contributed by atoms with E-state index >= 15 is 0 Å². The number of nitrogens with two attached hydrogens (primary N) is 1. The van der Waals surface area contributed by atoms with Crippen LogP contribution >= 0.6 is 11.8 Å². The lowest BCUT2D eigenvalue weighted by atomic mass is 10.0. The SMILES string of the molecule is Cc1cc(C(=O)N2CC3=C(Nc4ccccc42)N(C)N(Cl)C3)ccc1C(N)=O. The summed E-state index contributed by atoms with van der Waals surface area (Å²) in [6.07, 6.45) is 0. The number of amides is 2. The number of hydrogen-bond donors (Lipinski definition) is 2. The van der Waals surface area contributed by atoms with Crippen molar-refractivity contribution in [3.05, 3.63) is 70.5 Å². The van der Waals surface area contributed by atoms with E-state index in [4.69, 9.17) is 17.5 Å². The van der Waals surface area contributed by atoms with Crippen LogP contribution in [-0.2, 0) is 0 Å². The van der Waals surface area contributed by atoms with Crippen LogP contribution in [0.25, 0.3) is 0 Å². The summed E-state index contributed by atoms with van der Waals surface area (Å²) in [6, 6.07) is 12.6. The quantitative estimate of drug-likeness (QED) is 0.761. The van der Waals surface area contributed by atoms with Crippen molar-refractivity contribution in [3.8, 4) is 0 Å². The molecular formula is C20H20ClN5O2. The zero-order chi connectivity index (χ0) is 20.0. The lowest BCUT2D eigenvalue weighted by molar-refractivity contribution is 0.0981. The van der Waals surface area contributed by atoms with Crippen molar-refractivity contribution in [3.63, 3.8) is 0 Å². The molecule has 28 heavy (non-hydrogen) atoms. The molecule has 0 saturated carbocycles. The van der Waals surface area contributed by atoms with Gasteiger partial charge in [-0.2, -0.15) is 0 Å². The smallest absolute Gasteiger partial charge is 0.258 e. The Labute approximate surface area is 168 Å². The van der Waals surface area contributed by atoms with Gasteiger partial charge >= 0.3 is 0 Å². The molecule has 2 heterocycles. The van der Waals surface area contributed by atoms with Crippen molar-refractivity contribution < 1.29 is 9.59 Å². The fourth-order valence-corrected chi connectivity index (χ4v) is 3.82. The molecule has 144 valence electrons. The predicted octanol–water partition coefficient (Wildman–Crippen LogP) is 2.69. The topological polar surface area (TPSA) is 81.9 Å². The molecule has 0 unspecified atom stereocenters. The molecule has 2 amide bonds. The molecule has 0 radical (unpaired) electrons. The fraction of sp³-hybridized carbons (Fsp3) is 0.200. The Morgan fingerprint density at radius 1 is 1.14 bits per heavy atom. The van der Waals surface area contributed by atoms with Gasteiger partial charge in [0.1, 0.15) is 5.82 Å². The van der Waals surface area contributed by atoms with Crippen LogP contribution in [0.1, 0.15) is 26.3 Å². The largest absolute Gasteiger partial charge is 0.366 e. The van der Waals surface area contributed by atoms with E-state index in [2.05, 4.69) is 5.32 Å². The van der Waals surface area contributed by atoms with Gasteiger partial charge in [0.25, 0.3) is 5.91 Å². The third-order valence-corrected chi connectivity index (χ3v) is 5.43. The molecule has 2 aliphatic heterocycles. The van der Waals surface area contributed by atoms with E-state index in [-0.39, 0.29) is 5.91 Å². The maximum atomic E-state index is 13.4. The van der Waals surface area contributed by atoms with Gasteiger partial charge in [-0.15, -0.1) is 4.53 Å². The number of aryl methyl sites for hydroxylation is 1. The van der Waals surface area contributed by atoms with Crippen LogP contribution in [0.15, 0.2) is 53.9 Å². The van der Waals surface area contributed by atoms with E-state index < -0.39 is 5.91 Å². The number of hydrogen-bond acceptors (Lipinski definition) is 5. The number of rotatable bonds is 2. The summed E-state index contributed by atoms with van der Waals surface area (Å²) in [5, 5.41) is 5.22. The third-order valence-electron chi connectivity index (χ3n) is 5.09. The van der Waals surface area contributed by atoms with Crippen LogP contribution < -0.4 is 16.0 Å². The first kappa shape index (κ1) is 18.3. The van der Waals surface area contributed by atoms with E-state index in [0.29, 0.717) is 29.8 Å². The molecule has 0 aliphatic carbocycles. The van der Waals surface area contributed by atoms with E-state index in [1.54, 1.807) is 34.6 Å². The van der Waals surface area contributed by atoms with Gasteiger partial charge in [0.2, 0.25) is 5.91 Å². The van der Waals surface area contributed by atoms with Gasteiger partial charge in [-0.25, -0.2) is 0 Å². The number of nitrogens with one attached hydrogen (secondary N) is 1. The number of fused-ring (bicyclic) bond motifs is 1. The Morgan fingerprint density at radius 2 is 1.89 bits per heavy atom. The van der Waals surface area contributed by atoms with Gasteiger partial charge in [0, 0.05) is 35.5 Å². The normalized spacial score (nSPS) is 16.4. The first-order chi connectivity index (χ1) is 13.4.